The molecule has 0 aromatic carbocycles. The number of halogens is 1. The number of aromatic nitrogens is 1. The summed E-state index contributed by atoms with van der Waals surface area (Å²) in [6, 6.07) is 0. The highest BCUT2D eigenvalue weighted by Gasteiger charge is 2.33. The minimum atomic E-state index is 0. The summed E-state index contributed by atoms with van der Waals surface area (Å²) in [5.74, 6) is 0.892. The van der Waals surface area contributed by atoms with Crippen molar-refractivity contribution in [1.29, 1.82) is 0 Å². The topological polar surface area (TPSA) is 58.5 Å². The van der Waals surface area contributed by atoms with Gasteiger partial charge in [-0.05, 0) is 31.6 Å². The standard InChI is InChI=1S/C20H36N4OS.HI/c1-6-21-18(22-13-17-24-16(14-26-17)19(2,3)4)23-15-20(11-12-25-5)9-7-8-10-20;/h14H,6-13,15H2,1-5H3,(H2,21,22,23);1H. The van der Waals surface area contributed by atoms with E-state index < -0.39 is 0 Å². The van der Waals surface area contributed by atoms with Gasteiger partial charge in [0.05, 0.1) is 12.2 Å². The van der Waals surface area contributed by atoms with Gasteiger partial charge in [-0.25, -0.2) is 9.98 Å². The lowest BCUT2D eigenvalue weighted by molar-refractivity contribution is 0.138. The first-order chi connectivity index (χ1) is 12.4. The van der Waals surface area contributed by atoms with Gasteiger partial charge in [0.2, 0.25) is 0 Å². The molecule has 0 aliphatic heterocycles. The van der Waals surface area contributed by atoms with Crippen molar-refractivity contribution in [3.8, 4) is 0 Å². The molecule has 2 rings (SSSR count). The van der Waals surface area contributed by atoms with Gasteiger partial charge >= 0.3 is 0 Å². The van der Waals surface area contributed by atoms with Gasteiger partial charge in [0.1, 0.15) is 5.01 Å². The van der Waals surface area contributed by atoms with Gasteiger partial charge in [-0.1, -0.05) is 33.6 Å². The summed E-state index contributed by atoms with van der Waals surface area (Å²) in [5, 5.41) is 10.2. The molecule has 1 aliphatic carbocycles. The van der Waals surface area contributed by atoms with Crippen molar-refractivity contribution in [2.24, 2.45) is 10.4 Å². The SMILES string of the molecule is CCNC(=NCc1nc(C(C)(C)C)cs1)NCC1(CCOC)CCCC1.I. The molecule has 156 valence electrons. The quantitative estimate of drug-likeness (QED) is 0.304. The Bertz CT molecular complexity index is 577. The maximum absolute atomic E-state index is 5.34. The fourth-order valence-electron chi connectivity index (χ4n) is 3.45. The number of methoxy groups -OCH3 is 1. The van der Waals surface area contributed by atoms with Crippen molar-refractivity contribution in [1.82, 2.24) is 15.6 Å². The molecule has 0 saturated heterocycles. The van der Waals surface area contributed by atoms with E-state index in [4.69, 9.17) is 14.7 Å². The lowest BCUT2D eigenvalue weighted by atomic mass is 9.83. The van der Waals surface area contributed by atoms with E-state index in [2.05, 4.69) is 43.7 Å². The highest BCUT2D eigenvalue weighted by atomic mass is 127. The van der Waals surface area contributed by atoms with E-state index in [1.165, 1.54) is 25.7 Å². The number of nitrogens with zero attached hydrogens (tertiary/aromatic N) is 2. The Morgan fingerprint density at radius 3 is 2.56 bits per heavy atom. The van der Waals surface area contributed by atoms with Crippen molar-refractivity contribution in [3.05, 3.63) is 16.1 Å². The van der Waals surface area contributed by atoms with Crippen LogP contribution in [0.25, 0.3) is 0 Å². The second-order valence-corrected chi connectivity index (χ2v) is 9.32. The lowest BCUT2D eigenvalue weighted by Crippen LogP contribution is -2.43. The molecule has 0 unspecified atom stereocenters. The molecule has 0 amide bonds. The predicted molar refractivity (Wildman–Crippen MR) is 126 cm³/mol. The second kappa shape index (κ2) is 11.6. The number of thiazole rings is 1. The van der Waals surface area contributed by atoms with Crippen LogP contribution in [0.3, 0.4) is 0 Å². The Balaban J connectivity index is 0.00000364. The summed E-state index contributed by atoms with van der Waals surface area (Å²) in [7, 11) is 1.79. The Hall–Kier alpha value is -0.410. The molecule has 0 spiro atoms. The summed E-state index contributed by atoms with van der Waals surface area (Å²) in [6.07, 6.45) is 6.34. The number of nitrogens with one attached hydrogen (secondary N) is 2. The van der Waals surface area contributed by atoms with Gasteiger partial charge in [-0.3, -0.25) is 0 Å². The molecule has 0 radical (unpaired) electrons. The number of guanidine groups is 1. The molecule has 5 nitrogen and oxygen atoms in total. The zero-order valence-electron chi connectivity index (χ0n) is 17.6. The molecule has 0 atom stereocenters. The normalized spacial score (nSPS) is 16.9. The van der Waals surface area contributed by atoms with Crippen LogP contribution in [0, 0.1) is 5.41 Å². The van der Waals surface area contributed by atoms with Crippen LogP contribution in [0.15, 0.2) is 10.4 Å². The van der Waals surface area contributed by atoms with E-state index >= 15 is 0 Å². The van der Waals surface area contributed by atoms with Gasteiger partial charge in [-0.15, -0.1) is 35.3 Å². The number of aliphatic imine (C=N–C) groups is 1. The minimum absolute atomic E-state index is 0. The third-order valence-electron chi connectivity index (χ3n) is 5.17. The maximum atomic E-state index is 5.34. The summed E-state index contributed by atoms with van der Waals surface area (Å²) < 4.78 is 5.34. The predicted octanol–water partition coefficient (Wildman–Crippen LogP) is 4.71. The van der Waals surface area contributed by atoms with Crippen LogP contribution in [0.1, 0.15) is 70.5 Å². The fourth-order valence-corrected chi connectivity index (χ4v) is 4.39. The first kappa shape index (κ1) is 24.6. The van der Waals surface area contributed by atoms with E-state index in [1.54, 1.807) is 18.4 Å². The number of ether oxygens (including phenoxy) is 1. The van der Waals surface area contributed by atoms with Crippen LogP contribution in [-0.2, 0) is 16.7 Å². The Kier molecular flexibility index (Phi) is 10.5. The van der Waals surface area contributed by atoms with Crippen LogP contribution in [0.2, 0.25) is 0 Å². The second-order valence-electron chi connectivity index (χ2n) is 8.38. The monoisotopic (exact) mass is 508 g/mol. The molecule has 1 aromatic rings. The summed E-state index contributed by atoms with van der Waals surface area (Å²) in [6.45, 7) is 12.0. The number of hydrogen-bond donors (Lipinski definition) is 2. The number of rotatable bonds is 8. The highest BCUT2D eigenvalue weighted by molar-refractivity contribution is 14.0. The molecular weight excluding hydrogens is 471 g/mol. The molecule has 1 saturated carbocycles. The molecular formula is C20H37IN4OS. The van der Waals surface area contributed by atoms with Crippen molar-refractivity contribution >= 4 is 41.3 Å². The third kappa shape index (κ3) is 7.85. The molecule has 1 heterocycles. The van der Waals surface area contributed by atoms with Crippen molar-refractivity contribution in [2.45, 2.75) is 71.8 Å². The molecule has 27 heavy (non-hydrogen) atoms. The van der Waals surface area contributed by atoms with E-state index in [1.807, 2.05) is 0 Å². The molecule has 0 bridgehead atoms. The first-order valence-electron chi connectivity index (χ1n) is 9.84. The van der Waals surface area contributed by atoms with Crippen molar-refractivity contribution < 1.29 is 4.74 Å². The molecule has 1 fully saturated rings. The van der Waals surface area contributed by atoms with Crippen molar-refractivity contribution in [3.63, 3.8) is 0 Å². The van der Waals surface area contributed by atoms with Crippen molar-refractivity contribution in [2.75, 3.05) is 26.8 Å². The molecule has 1 aliphatic rings. The van der Waals surface area contributed by atoms with Crippen LogP contribution in [-0.4, -0.2) is 37.7 Å². The molecule has 1 aromatic heterocycles. The average molecular weight is 509 g/mol. The van der Waals surface area contributed by atoms with Gasteiger partial charge < -0.3 is 15.4 Å². The smallest absolute Gasteiger partial charge is 0.191 e. The number of hydrogen-bond acceptors (Lipinski definition) is 4. The fraction of sp³-hybridized carbons (Fsp3) is 0.800. The van der Waals surface area contributed by atoms with E-state index in [0.29, 0.717) is 12.0 Å². The van der Waals surface area contributed by atoms with Gasteiger partial charge in [0.25, 0.3) is 0 Å². The average Bonchev–Trinajstić information content (AvgIpc) is 3.25. The van der Waals surface area contributed by atoms with E-state index in [-0.39, 0.29) is 29.4 Å². The van der Waals surface area contributed by atoms with Crippen LogP contribution >= 0.6 is 35.3 Å². The molecule has 2 N–H and O–H groups in total. The van der Waals surface area contributed by atoms with Gasteiger partial charge in [0.15, 0.2) is 5.96 Å². The summed E-state index contributed by atoms with van der Waals surface area (Å²) in [5.41, 5.74) is 1.60. The zero-order valence-corrected chi connectivity index (χ0v) is 20.7. The highest BCUT2D eigenvalue weighted by Crippen LogP contribution is 2.40. The molecule has 7 heteroatoms. The maximum Gasteiger partial charge on any atom is 0.191 e. The Labute approximate surface area is 186 Å². The van der Waals surface area contributed by atoms with E-state index in [0.717, 1.165) is 42.8 Å². The largest absolute Gasteiger partial charge is 0.385 e. The third-order valence-corrected chi connectivity index (χ3v) is 6.00. The van der Waals surface area contributed by atoms with Crippen LogP contribution in [0.4, 0.5) is 0 Å². The van der Waals surface area contributed by atoms with Crippen LogP contribution < -0.4 is 10.6 Å². The summed E-state index contributed by atoms with van der Waals surface area (Å²) >= 11 is 1.70. The lowest BCUT2D eigenvalue weighted by Gasteiger charge is -2.29. The minimum Gasteiger partial charge on any atom is -0.385 e. The summed E-state index contributed by atoms with van der Waals surface area (Å²) in [4.78, 5) is 9.51. The van der Waals surface area contributed by atoms with Crippen LogP contribution in [0.5, 0.6) is 0 Å². The Morgan fingerprint density at radius 1 is 1.30 bits per heavy atom. The zero-order chi connectivity index (χ0) is 19.0. The van der Waals surface area contributed by atoms with Gasteiger partial charge in [-0.2, -0.15) is 0 Å². The first-order valence-corrected chi connectivity index (χ1v) is 10.7. The van der Waals surface area contributed by atoms with Gasteiger partial charge in [0, 0.05) is 37.6 Å². The van der Waals surface area contributed by atoms with E-state index in [9.17, 15) is 0 Å². The Morgan fingerprint density at radius 2 is 2.00 bits per heavy atom.